The van der Waals surface area contributed by atoms with E-state index in [-0.39, 0.29) is 35.0 Å². The number of fused-ring (bicyclic) bond motifs is 2. The molecule has 13 heteroatoms. The van der Waals surface area contributed by atoms with E-state index in [1.165, 1.54) is 29.8 Å². The minimum atomic E-state index is -4.44. The fourth-order valence-electron chi connectivity index (χ4n) is 4.66. The third-order valence-corrected chi connectivity index (χ3v) is 8.02. The molecule has 42 heavy (non-hydrogen) atoms. The van der Waals surface area contributed by atoms with Gasteiger partial charge < -0.3 is 21.4 Å². The fourth-order valence-corrected chi connectivity index (χ4v) is 5.49. The number of rotatable bonds is 9. The second kappa shape index (κ2) is 10.9. The van der Waals surface area contributed by atoms with Crippen LogP contribution in [0.5, 0.6) is 0 Å². The molecule has 8 nitrogen and oxygen atoms in total. The topological polar surface area (TPSA) is 124 Å². The Balaban J connectivity index is 1.61. The Morgan fingerprint density at radius 1 is 1.21 bits per heavy atom. The van der Waals surface area contributed by atoms with Crippen LogP contribution in [-0.4, -0.2) is 28.2 Å². The van der Waals surface area contributed by atoms with Crippen molar-refractivity contribution in [1.29, 1.82) is 5.26 Å². The van der Waals surface area contributed by atoms with Crippen LogP contribution >= 0.6 is 11.3 Å². The van der Waals surface area contributed by atoms with Crippen LogP contribution < -0.4 is 27.2 Å². The van der Waals surface area contributed by atoms with Crippen molar-refractivity contribution in [2.45, 2.75) is 51.4 Å². The number of anilines is 2. The lowest BCUT2D eigenvalue weighted by Crippen LogP contribution is -2.43. The van der Waals surface area contributed by atoms with Crippen molar-refractivity contribution < 1.29 is 17.6 Å². The summed E-state index contributed by atoms with van der Waals surface area (Å²) in [7, 11) is 0. The van der Waals surface area contributed by atoms with Crippen molar-refractivity contribution in [3.05, 3.63) is 70.9 Å². The highest BCUT2D eigenvalue weighted by Gasteiger charge is 2.63. The number of nitriles is 1. The van der Waals surface area contributed by atoms with E-state index < -0.39 is 23.6 Å². The summed E-state index contributed by atoms with van der Waals surface area (Å²) in [5.74, 6) is 5.25. The van der Waals surface area contributed by atoms with Crippen LogP contribution in [-0.2, 0) is 0 Å². The summed E-state index contributed by atoms with van der Waals surface area (Å²) in [6.07, 6.45) is -1.99. The maximum absolute atomic E-state index is 15.5. The lowest BCUT2D eigenvalue weighted by atomic mass is 9.96. The zero-order valence-electron chi connectivity index (χ0n) is 23.2. The highest BCUT2D eigenvalue weighted by atomic mass is 32.1. The maximum atomic E-state index is 15.5. The summed E-state index contributed by atoms with van der Waals surface area (Å²) in [5.41, 5.74) is 4.70. The number of benzene rings is 2. The fraction of sp³-hybridized carbons (Fsp3) is 0.345. The Kier molecular flexibility index (Phi) is 7.63. The van der Waals surface area contributed by atoms with Crippen molar-refractivity contribution in [2.24, 2.45) is 11.3 Å². The van der Waals surface area contributed by atoms with Crippen LogP contribution in [0.1, 0.15) is 50.8 Å². The van der Waals surface area contributed by atoms with Gasteiger partial charge in [-0.1, -0.05) is 32.9 Å². The van der Waals surface area contributed by atoms with Gasteiger partial charge in [0.25, 0.3) is 0 Å². The van der Waals surface area contributed by atoms with E-state index in [0.717, 1.165) is 4.70 Å². The predicted molar refractivity (Wildman–Crippen MR) is 157 cm³/mol. The van der Waals surface area contributed by atoms with E-state index in [4.69, 9.17) is 5.84 Å². The molecule has 2 heterocycles. The molecule has 0 bridgehead atoms. The van der Waals surface area contributed by atoms with Gasteiger partial charge in [0.2, 0.25) is 0 Å². The molecule has 0 aliphatic heterocycles. The van der Waals surface area contributed by atoms with Gasteiger partial charge in [0.1, 0.15) is 17.1 Å². The molecule has 1 fully saturated rings. The molecule has 0 unspecified atom stereocenters. The summed E-state index contributed by atoms with van der Waals surface area (Å²) in [6.45, 7) is 6.59. The number of pyridine rings is 1. The van der Waals surface area contributed by atoms with Crippen molar-refractivity contribution in [3.63, 3.8) is 0 Å². The number of nitrogens with one attached hydrogen (secondary N) is 4. The molecule has 2 aromatic heterocycles. The summed E-state index contributed by atoms with van der Waals surface area (Å²) < 4.78 is 57.3. The number of hydrogen-bond acceptors (Lipinski definition) is 9. The third kappa shape index (κ3) is 5.77. The summed E-state index contributed by atoms with van der Waals surface area (Å²) >= 11 is 1.37. The van der Waals surface area contributed by atoms with Gasteiger partial charge in [0.05, 0.1) is 38.7 Å². The number of nitrogens with two attached hydrogens (primary N) is 1. The first kappa shape index (κ1) is 29.3. The molecule has 1 saturated carbocycles. The molecule has 4 aromatic rings. The molecule has 5 rings (SSSR count). The number of hydrazine groups is 1. The number of alkyl halides is 3. The number of halogens is 4. The van der Waals surface area contributed by atoms with E-state index in [1.807, 2.05) is 32.9 Å². The van der Waals surface area contributed by atoms with Crippen LogP contribution in [0.15, 0.2) is 53.9 Å². The van der Waals surface area contributed by atoms with Gasteiger partial charge in [-0.25, -0.2) is 9.37 Å². The van der Waals surface area contributed by atoms with E-state index in [1.54, 1.807) is 17.6 Å². The Labute approximate surface area is 244 Å². The number of aromatic nitrogens is 2. The van der Waals surface area contributed by atoms with Gasteiger partial charge in [0, 0.05) is 30.0 Å². The van der Waals surface area contributed by atoms with Crippen LogP contribution in [0.2, 0.25) is 0 Å². The van der Waals surface area contributed by atoms with E-state index in [9.17, 15) is 18.4 Å². The van der Waals surface area contributed by atoms with Crippen LogP contribution in [0, 0.1) is 22.6 Å². The average Bonchev–Trinajstić information content (AvgIpc) is 3.59. The Morgan fingerprint density at radius 2 is 1.98 bits per heavy atom. The molecule has 1 aliphatic rings. The molecule has 2 aromatic carbocycles. The zero-order valence-corrected chi connectivity index (χ0v) is 24.0. The van der Waals surface area contributed by atoms with Crippen LogP contribution in [0.25, 0.3) is 21.1 Å². The number of nitrogens with zero attached hydrogens (tertiary/aromatic N) is 3. The maximum Gasteiger partial charge on any atom is 0.411 e. The van der Waals surface area contributed by atoms with Crippen molar-refractivity contribution >= 4 is 43.8 Å². The Bertz CT molecular complexity index is 1700. The predicted octanol–water partition coefficient (Wildman–Crippen LogP) is 6.46. The summed E-state index contributed by atoms with van der Waals surface area (Å²) in [5, 5.41) is 19.2. The Morgan fingerprint density at radius 3 is 2.62 bits per heavy atom. The smallest absolute Gasteiger partial charge is 0.383 e. The van der Waals surface area contributed by atoms with Crippen LogP contribution in [0.3, 0.4) is 0 Å². The normalized spacial score (nSPS) is 15.7. The Hall–Kier alpha value is -4.15. The minimum Gasteiger partial charge on any atom is -0.383 e. The number of hydrogen-bond donors (Lipinski definition) is 5. The molecular weight excluding hydrogens is 568 g/mol. The number of thiazole rings is 1. The highest BCUT2D eigenvalue weighted by molar-refractivity contribution is 7.17. The summed E-state index contributed by atoms with van der Waals surface area (Å²) in [6, 6.07) is 9.62. The SMILES string of the molecule is CC(C)(C)CNc1c(C#N)cnc2c(F)cc(N[C@H](/C(=C/NC3(C(F)(F)F)CC3)NN)c3cccc4ncsc34)cc12. The second-order valence-corrected chi connectivity index (χ2v) is 12.4. The van der Waals surface area contributed by atoms with Gasteiger partial charge in [-0.3, -0.25) is 10.8 Å². The largest absolute Gasteiger partial charge is 0.411 e. The molecule has 220 valence electrons. The van der Waals surface area contributed by atoms with Crippen molar-refractivity contribution in [3.8, 4) is 6.07 Å². The monoisotopic (exact) mass is 598 g/mol. The molecule has 0 radical (unpaired) electrons. The molecular formula is C29H30F4N8S. The first-order chi connectivity index (χ1) is 19.9. The van der Waals surface area contributed by atoms with E-state index >= 15 is 4.39 Å². The first-order valence-corrected chi connectivity index (χ1v) is 14.1. The van der Waals surface area contributed by atoms with Gasteiger partial charge in [0.15, 0.2) is 5.82 Å². The van der Waals surface area contributed by atoms with Crippen LogP contribution in [0.4, 0.5) is 28.9 Å². The standard InChI is InChI=1S/C29H30F4N8S/c1-27(2,3)14-37-23-16(11-34)12-36-24-19(23)9-17(10-20(24)30)40-25(18-5-4-6-21-26(18)42-15-38-21)22(41-35)13-39-28(7-8-28)29(31,32)33/h4-6,9-10,12-13,15,25,39-41H,7-8,14,35H2,1-3H3,(H,36,37)/b22-13-/t25-/m0/s1. The minimum absolute atomic E-state index is 0.0537. The van der Waals surface area contributed by atoms with Crippen molar-refractivity contribution in [2.75, 3.05) is 17.2 Å². The highest BCUT2D eigenvalue weighted by Crippen LogP contribution is 2.49. The first-order valence-electron chi connectivity index (χ1n) is 13.2. The molecule has 0 spiro atoms. The molecule has 1 aliphatic carbocycles. The average molecular weight is 599 g/mol. The second-order valence-electron chi connectivity index (χ2n) is 11.5. The summed E-state index contributed by atoms with van der Waals surface area (Å²) in [4.78, 5) is 8.53. The third-order valence-electron chi connectivity index (χ3n) is 7.12. The van der Waals surface area contributed by atoms with E-state index in [2.05, 4.69) is 37.4 Å². The quantitative estimate of drug-likeness (QED) is 0.0846. The van der Waals surface area contributed by atoms with E-state index in [0.29, 0.717) is 34.4 Å². The van der Waals surface area contributed by atoms with Gasteiger partial charge in [-0.2, -0.15) is 18.4 Å². The van der Waals surface area contributed by atoms with Gasteiger partial charge >= 0.3 is 6.18 Å². The lowest BCUT2D eigenvalue weighted by molar-refractivity contribution is -0.163. The molecule has 6 N–H and O–H groups in total. The molecule has 1 atom stereocenters. The zero-order chi connectivity index (χ0) is 30.3. The van der Waals surface area contributed by atoms with Crippen molar-refractivity contribution in [1.82, 2.24) is 20.7 Å². The molecule has 0 amide bonds. The van der Waals surface area contributed by atoms with Gasteiger partial charge in [-0.05, 0) is 42.0 Å². The van der Waals surface area contributed by atoms with Gasteiger partial charge in [-0.15, -0.1) is 11.3 Å². The lowest BCUT2D eigenvalue weighted by Gasteiger charge is -2.26. The molecule has 0 saturated heterocycles.